The van der Waals surface area contributed by atoms with Gasteiger partial charge in [-0.3, -0.25) is 9.69 Å². The van der Waals surface area contributed by atoms with Gasteiger partial charge in [-0.05, 0) is 24.9 Å². The molecule has 0 radical (unpaired) electrons. The third kappa shape index (κ3) is 2.63. The van der Waals surface area contributed by atoms with E-state index in [-0.39, 0.29) is 6.04 Å². The Hall–Kier alpha value is -1.86. The van der Waals surface area contributed by atoms with E-state index in [0.29, 0.717) is 12.2 Å². The number of benzene rings is 1. The number of nitrogens with zero attached hydrogens (tertiary/aromatic N) is 2. The number of hydrogen-bond donors (Lipinski definition) is 1. The van der Waals surface area contributed by atoms with Crippen LogP contribution >= 0.6 is 0 Å². The van der Waals surface area contributed by atoms with Crippen molar-refractivity contribution in [2.45, 2.75) is 25.4 Å². The molecule has 0 bridgehead atoms. The standard InChI is InChI=1S/C13H14N2O2/c1-14-11-5-2-4-10(8-11)9-15-7-3-6-12(15)13(16)17/h2,4-5,8,12H,3,6-7,9H2,(H,16,17). The van der Waals surface area contributed by atoms with Crippen molar-refractivity contribution in [3.63, 3.8) is 0 Å². The molecule has 0 spiro atoms. The first kappa shape index (κ1) is 11.6. The van der Waals surface area contributed by atoms with Crippen molar-refractivity contribution in [1.29, 1.82) is 0 Å². The van der Waals surface area contributed by atoms with Crippen LogP contribution in [0.1, 0.15) is 18.4 Å². The van der Waals surface area contributed by atoms with E-state index < -0.39 is 5.97 Å². The summed E-state index contributed by atoms with van der Waals surface area (Å²) in [5.74, 6) is -0.746. The van der Waals surface area contributed by atoms with Gasteiger partial charge >= 0.3 is 5.97 Å². The average Bonchev–Trinajstić information content (AvgIpc) is 2.77. The summed E-state index contributed by atoms with van der Waals surface area (Å²) in [6.07, 6.45) is 1.65. The molecule has 0 aromatic heterocycles. The maximum atomic E-state index is 11.0. The van der Waals surface area contributed by atoms with Gasteiger partial charge in [0.2, 0.25) is 0 Å². The smallest absolute Gasteiger partial charge is 0.320 e. The molecule has 17 heavy (non-hydrogen) atoms. The van der Waals surface area contributed by atoms with E-state index in [0.717, 1.165) is 24.9 Å². The summed E-state index contributed by atoms with van der Waals surface area (Å²) < 4.78 is 0. The highest BCUT2D eigenvalue weighted by molar-refractivity contribution is 5.73. The van der Waals surface area contributed by atoms with Gasteiger partial charge in [0, 0.05) is 6.54 Å². The minimum Gasteiger partial charge on any atom is -0.480 e. The Kier molecular flexibility index (Phi) is 3.40. The SMILES string of the molecule is [C-]#[N+]c1cccc(CN2CCCC2C(=O)O)c1. The molecule has 1 fully saturated rings. The van der Waals surface area contributed by atoms with Gasteiger partial charge in [-0.25, -0.2) is 4.85 Å². The number of carbonyl (C=O) groups is 1. The van der Waals surface area contributed by atoms with Crippen molar-refractivity contribution in [2.24, 2.45) is 0 Å². The van der Waals surface area contributed by atoms with Crippen LogP contribution in [0.15, 0.2) is 24.3 Å². The maximum absolute atomic E-state index is 11.0. The predicted octanol–water partition coefficient (Wildman–Crippen LogP) is 2.29. The molecule has 1 atom stereocenters. The molecule has 2 rings (SSSR count). The molecule has 0 aliphatic carbocycles. The number of carboxylic acids is 1. The van der Waals surface area contributed by atoms with Gasteiger partial charge in [0.15, 0.2) is 5.69 Å². The Labute approximate surface area is 100 Å². The molecule has 0 amide bonds. The molecule has 4 heteroatoms. The molecule has 1 aliphatic heterocycles. The summed E-state index contributed by atoms with van der Waals surface area (Å²) in [4.78, 5) is 16.4. The van der Waals surface area contributed by atoms with Gasteiger partial charge in [0.05, 0.1) is 6.57 Å². The number of likely N-dealkylation sites (tertiary alicyclic amines) is 1. The quantitative estimate of drug-likeness (QED) is 0.810. The molecule has 88 valence electrons. The molecular weight excluding hydrogens is 216 g/mol. The number of hydrogen-bond acceptors (Lipinski definition) is 2. The van der Waals surface area contributed by atoms with Crippen molar-refractivity contribution in [1.82, 2.24) is 4.90 Å². The minimum absolute atomic E-state index is 0.369. The molecule has 1 aliphatic rings. The van der Waals surface area contributed by atoms with E-state index in [1.165, 1.54) is 0 Å². The second-order valence-corrected chi connectivity index (χ2v) is 4.25. The highest BCUT2D eigenvalue weighted by atomic mass is 16.4. The molecule has 0 saturated carbocycles. The second-order valence-electron chi connectivity index (χ2n) is 4.25. The molecule has 1 saturated heterocycles. The molecule has 1 unspecified atom stereocenters. The first-order chi connectivity index (χ1) is 8.20. The lowest BCUT2D eigenvalue weighted by atomic mass is 10.1. The largest absolute Gasteiger partial charge is 0.480 e. The summed E-state index contributed by atoms with van der Waals surface area (Å²) in [5.41, 5.74) is 1.61. The number of carboxylic acid groups (broad SMARTS) is 1. The first-order valence-corrected chi connectivity index (χ1v) is 5.64. The predicted molar refractivity (Wildman–Crippen MR) is 63.8 cm³/mol. The summed E-state index contributed by atoms with van der Waals surface area (Å²) in [5, 5.41) is 9.07. The van der Waals surface area contributed by atoms with Crippen LogP contribution in [0.25, 0.3) is 4.85 Å². The molecular formula is C13H14N2O2. The van der Waals surface area contributed by atoms with Gasteiger partial charge in [-0.2, -0.15) is 0 Å². The zero-order chi connectivity index (χ0) is 12.3. The Morgan fingerprint density at radius 3 is 3.12 bits per heavy atom. The zero-order valence-corrected chi connectivity index (χ0v) is 9.47. The van der Waals surface area contributed by atoms with E-state index in [1.807, 2.05) is 23.1 Å². The van der Waals surface area contributed by atoms with Crippen LogP contribution in [0, 0.1) is 6.57 Å². The summed E-state index contributed by atoms with van der Waals surface area (Å²) in [6.45, 7) is 8.38. The van der Waals surface area contributed by atoms with Crippen molar-refractivity contribution in [3.8, 4) is 0 Å². The normalized spacial score (nSPS) is 20.1. The lowest BCUT2D eigenvalue weighted by Crippen LogP contribution is -2.35. The van der Waals surface area contributed by atoms with Crippen LogP contribution in [-0.4, -0.2) is 28.6 Å². The van der Waals surface area contributed by atoms with Gasteiger partial charge in [0.25, 0.3) is 0 Å². The first-order valence-electron chi connectivity index (χ1n) is 5.64. The van der Waals surface area contributed by atoms with Crippen LogP contribution < -0.4 is 0 Å². The van der Waals surface area contributed by atoms with Crippen LogP contribution in [0.3, 0.4) is 0 Å². The Morgan fingerprint density at radius 2 is 2.41 bits per heavy atom. The van der Waals surface area contributed by atoms with Crippen LogP contribution in [0.4, 0.5) is 5.69 Å². The fraction of sp³-hybridized carbons (Fsp3) is 0.385. The van der Waals surface area contributed by atoms with Crippen LogP contribution in [0.2, 0.25) is 0 Å². The maximum Gasteiger partial charge on any atom is 0.320 e. The van der Waals surface area contributed by atoms with E-state index in [1.54, 1.807) is 6.07 Å². The highest BCUT2D eigenvalue weighted by Crippen LogP contribution is 2.22. The Morgan fingerprint density at radius 1 is 1.59 bits per heavy atom. The van der Waals surface area contributed by atoms with Crippen molar-refractivity contribution >= 4 is 11.7 Å². The van der Waals surface area contributed by atoms with E-state index >= 15 is 0 Å². The molecule has 1 aromatic rings. The summed E-state index contributed by atoms with van der Waals surface area (Å²) in [6, 6.07) is 6.99. The van der Waals surface area contributed by atoms with Crippen molar-refractivity contribution in [2.75, 3.05) is 6.54 Å². The fourth-order valence-electron chi connectivity index (χ4n) is 2.25. The Balaban J connectivity index is 2.10. The molecule has 1 N–H and O–H groups in total. The van der Waals surface area contributed by atoms with Gasteiger partial charge < -0.3 is 5.11 Å². The lowest BCUT2D eigenvalue weighted by Gasteiger charge is -2.21. The topological polar surface area (TPSA) is 44.9 Å². The minimum atomic E-state index is -0.746. The van der Waals surface area contributed by atoms with Gasteiger partial charge in [-0.15, -0.1) is 0 Å². The third-order valence-corrected chi connectivity index (χ3v) is 3.07. The third-order valence-electron chi connectivity index (χ3n) is 3.07. The van der Waals surface area contributed by atoms with E-state index in [2.05, 4.69) is 4.85 Å². The fourth-order valence-corrected chi connectivity index (χ4v) is 2.25. The summed E-state index contributed by atoms with van der Waals surface area (Å²) >= 11 is 0. The van der Waals surface area contributed by atoms with Crippen molar-refractivity contribution < 1.29 is 9.90 Å². The Bertz CT molecular complexity index is 465. The number of rotatable bonds is 3. The van der Waals surface area contributed by atoms with E-state index in [9.17, 15) is 4.79 Å². The van der Waals surface area contributed by atoms with E-state index in [4.69, 9.17) is 11.7 Å². The molecule has 1 heterocycles. The number of aliphatic carboxylic acids is 1. The van der Waals surface area contributed by atoms with Crippen molar-refractivity contribution in [3.05, 3.63) is 41.2 Å². The zero-order valence-electron chi connectivity index (χ0n) is 9.47. The van der Waals surface area contributed by atoms with Gasteiger partial charge in [0.1, 0.15) is 6.04 Å². The van der Waals surface area contributed by atoms with Crippen LogP contribution in [-0.2, 0) is 11.3 Å². The molecule has 1 aromatic carbocycles. The summed E-state index contributed by atoms with van der Waals surface area (Å²) in [7, 11) is 0. The van der Waals surface area contributed by atoms with Gasteiger partial charge in [-0.1, -0.05) is 24.3 Å². The monoisotopic (exact) mass is 230 g/mol. The lowest BCUT2D eigenvalue weighted by molar-refractivity contribution is -0.142. The average molecular weight is 230 g/mol. The molecule has 4 nitrogen and oxygen atoms in total. The second kappa shape index (κ2) is 4.98. The van der Waals surface area contributed by atoms with Crippen LogP contribution in [0.5, 0.6) is 0 Å². The highest BCUT2D eigenvalue weighted by Gasteiger charge is 2.30.